The van der Waals surface area contributed by atoms with Crippen molar-refractivity contribution >= 4 is 0 Å². The van der Waals surface area contributed by atoms with Crippen molar-refractivity contribution in [3.8, 4) is 0 Å². The Morgan fingerprint density at radius 2 is 2.27 bits per heavy atom. The van der Waals surface area contributed by atoms with Crippen LogP contribution in [-0.4, -0.2) is 24.7 Å². The van der Waals surface area contributed by atoms with E-state index in [0.29, 0.717) is 19.6 Å². The third-order valence-electron chi connectivity index (χ3n) is 2.39. The highest BCUT2D eigenvalue weighted by atomic mass is 16.6. The van der Waals surface area contributed by atoms with Gasteiger partial charge in [0, 0.05) is 16.8 Å². The largest absolute Gasteiger partial charge is 0.380 e. The molecule has 0 N–H and O–H groups in total. The molecular formula is C7H13NO3. The Morgan fingerprint density at radius 1 is 1.64 bits per heavy atom. The molecule has 1 rings (SSSR count). The van der Waals surface area contributed by atoms with Crippen LogP contribution >= 0.6 is 0 Å². The second kappa shape index (κ2) is 3.17. The second-order valence-corrected chi connectivity index (χ2v) is 3.15. The van der Waals surface area contributed by atoms with Crippen LogP contribution in [0.3, 0.4) is 0 Å². The summed E-state index contributed by atoms with van der Waals surface area (Å²) in [5, 5.41) is 10.1. The number of nitro groups is 1. The molecule has 0 aromatic rings. The van der Waals surface area contributed by atoms with Crippen molar-refractivity contribution in [3.63, 3.8) is 0 Å². The van der Waals surface area contributed by atoms with E-state index in [2.05, 4.69) is 6.92 Å². The lowest BCUT2D eigenvalue weighted by molar-refractivity contribution is -0.485. The fourth-order valence-electron chi connectivity index (χ4n) is 1.24. The van der Waals surface area contributed by atoms with Crippen LogP contribution in [0.15, 0.2) is 0 Å². The van der Waals surface area contributed by atoms with E-state index >= 15 is 0 Å². The van der Waals surface area contributed by atoms with Gasteiger partial charge in [-0.05, 0) is 6.42 Å². The monoisotopic (exact) mass is 159 g/mol. The van der Waals surface area contributed by atoms with E-state index in [1.54, 1.807) is 0 Å². The van der Waals surface area contributed by atoms with E-state index in [4.69, 9.17) is 4.74 Å². The first-order valence-corrected chi connectivity index (χ1v) is 3.88. The Kier molecular flexibility index (Phi) is 2.44. The van der Waals surface area contributed by atoms with Gasteiger partial charge in [0.2, 0.25) is 6.54 Å². The number of rotatable bonds is 4. The number of ether oxygens (including phenoxy) is 1. The van der Waals surface area contributed by atoms with Gasteiger partial charge in [-0.25, -0.2) is 0 Å². The van der Waals surface area contributed by atoms with Gasteiger partial charge < -0.3 is 4.74 Å². The van der Waals surface area contributed by atoms with Gasteiger partial charge in [-0.3, -0.25) is 10.1 Å². The molecule has 64 valence electrons. The molecule has 1 aliphatic rings. The summed E-state index contributed by atoms with van der Waals surface area (Å²) >= 11 is 0. The molecule has 0 saturated carbocycles. The number of hydrogen-bond acceptors (Lipinski definition) is 3. The van der Waals surface area contributed by atoms with Gasteiger partial charge in [0.15, 0.2) is 0 Å². The maximum absolute atomic E-state index is 10.1. The van der Waals surface area contributed by atoms with Gasteiger partial charge in [-0.2, -0.15) is 0 Å². The van der Waals surface area contributed by atoms with Gasteiger partial charge in [-0.15, -0.1) is 0 Å². The first-order chi connectivity index (χ1) is 5.18. The summed E-state index contributed by atoms with van der Waals surface area (Å²) in [7, 11) is 0. The second-order valence-electron chi connectivity index (χ2n) is 3.15. The summed E-state index contributed by atoms with van der Waals surface area (Å²) in [5.41, 5.74) is 0.132. The molecule has 1 saturated heterocycles. The van der Waals surface area contributed by atoms with Crippen molar-refractivity contribution in [2.45, 2.75) is 19.8 Å². The first kappa shape index (κ1) is 8.46. The van der Waals surface area contributed by atoms with E-state index in [9.17, 15) is 10.1 Å². The number of nitrogens with zero attached hydrogens (tertiary/aromatic N) is 1. The third kappa shape index (κ3) is 1.89. The van der Waals surface area contributed by atoms with E-state index in [0.717, 1.165) is 6.42 Å². The molecule has 0 spiro atoms. The molecule has 0 atom stereocenters. The van der Waals surface area contributed by atoms with Crippen LogP contribution in [0.25, 0.3) is 0 Å². The Hall–Kier alpha value is -0.640. The predicted octanol–water partition coefficient (Wildman–Crippen LogP) is 1.08. The van der Waals surface area contributed by atoms with Crippen LogP contribution in [0.1, 0.15) is 19.8 Å². The highest BCUT2D eigenvalue weighted by molar-refractivity contribution is 4.83. The van der Waals surface area contributed by atoms with Gasteiger partial charge in [0.25, 0.3) is 0 Å². The molecule has 11 heavy (non-hydrogen) atoms. The quantitative estimate of drug-likeness (QED) is 0.455. The van der Waals surface area contributed by atoms with Crippen molar-refractivity contribution in [2.75, 3.05) is 19.8 Å². The molecule has 1 heterocycles. The molecule has 0 aromatic heterocycles. The normalized spacial score (nSPS) is 20.8. The topological polar surface area (TPSA) is 52.4 Å². The Morgan fingerprint density at radius 3 is 2.55 bits per heavy atom. The van der Waals surface area contributed by atoms with Crippen molar-refractivity contribution in [2.24, 2.45) is 5.41 Å². The van der Waals surface area contributed by atoms with Crippen LogP contribution in [0, 0.1) is 15.5 Å². The molecule has 0 aliphatic carbocycles. The molecule has 0 amide bonds. The number of hydrogen-bond donors (Lipinski definition) is 0. The summed E-state index contributed by atoms with van der Waals surface area (Å²) in [4.78, 5) is 9.81. The summed E-state index contributed by atoms with van der Waals surface area (Å²) < 4.78 is 5.04. The van der Waals surface area contributed by atoms with Crippen molar-refractivity contribution < 1.29 is 9.66 Å². The maximum atomic E-state index is 10.1. The highest BCUT2D eigenvalue weighted by Crippen LogP contribution is 2.34. The van der Waals surface area contributed by atoms with Crippen molar-refractivity contribution in [1.82, 2.24) is 0 Å². The summed E-state index contributed by atoms with van der Waals surface area (Å²) in [6, 6.07) is 0. The average molecular weight is 159 g/mol. The minimum atomic E-state index is -0.254. The van der Waals surface area contributed by atoms with Crippen molar-refractivity contribution in [1.29, 1.82) is 0 Å². The van der Waals surface area contributed by atoms with Gasteiger partial charge in [0.1, 0.15) is 0 Å². The van der Waals surface area contributed by atoms with Crippen LogP contribution < -0.4 is 0 Å². The van der Waals surface area contributed by atoms with E-state index in [1.165, 1.54) is 0 Å². The van der Waals surface area contributed by atoms with Gasteiger partial charge in [0.05, 0.1) is 13.2 Å². The zero-order valence-corrected chi connectivity index (χ0v) is 6.71. The lowest BCUT2D eigenvalue weighted by Gasteiger charge is -2.39. The molecule has 1 fully saturated rings. The zero-order chi connectivity index (χ0) is 8.32. The highest BCUT2D eigenvalue weighted by Gasteiger charge is 2.37. The Labute approximate surface area is 65.7 Å². The zero-order valence-electron chi connectivity index (χ0n) is 6.71. The van der Waals surface area contributed by atoms with Crippen LogP contribution in [-0.2, 0) is 4.74 Å². The SMILES string of the molecule is CCC1(CC[N+](=O)[O-])COC1. The van der Waals surface area contributed by atoms with Crippen LogP contribution in [0.4, 0.5) is 0 Å². The van der Waals surface area contributed by atoms with E-state index in [1.807, 2.05) is 0 Å². The smallest absolute Gasteiger partial charge is 0.204 e. The lowest BCUT2D eigenvalue weighted by Crippen LogP contribution is -2.43. The van der Waals surface area contributed by atoms with E-state index in [-0.39, 0.29) is 16.9 Å². The standard InChI is InChI=1S/C7H13NO3/c1-2-7(5-11-6-7)3-4-8(9)10/h2-6H2,1H3. The third-order valence-corrected chi connectivity index (χ3v) is 2.39. The molecule has 0 aromatic carbocycles. The summed E-state index contributed by atoms with van der Waals surface area (Å²) in [6.45, 7) is 3.55. The van der Waals surface area contributed by atoms with Crippen LogP contribution in [0.2, 0.25) is 0 Å². The Balaban J connectivity index is 2.27. The average Bonchev–Trinajstić information content (AvgIpc) is 1.86. The molecular weight excluding hydrogens is 146 g/mol. The lowest BCUT2D eigenvalue weighted by atomic mass is 9.80. The van der Waals surface area contributed by atoms with Crippen molar-refractivity contribution in [3.05, 3.63) is 10.1 Å². The van der Waals surface area contributed by atoms with E-state index < -0.39 is 0 Å². The molecule has 1 aliphatic heterocycles. The Bertz CT molecular complexity index is 148. The fraction of sp³-hybridized carbons (Fsp3) is 1.00. The molecule has 4 heteroatoms. The summed E-state index contributed by atoms with van der Waals surface area (Å²) in [5.74, 6) is 0. The van der Waals surface area contributed by atoms with Gasteiger partial charge in [-0.1, -0.05) is 6.92 Å². The molecule has 4 nitrogen and oxygen atoms in total. The minimum absolute atomic E-state index is 0.0806. The molecule has 0 radical (unpaired) electrons. The summed E-state index contributed by atoms with van der Waals surface area (Å²) in [6.07, 6.45) is 1.65. The molecule has 0 unspecified atom stereocenters. The maximum Gasteiger partial charge on any atom is 0.204 e. The first-order valence-electron chi connectivity index (χ1n) is 3.88. The van der Waals surface area contributed by atoms with Crippen LogP contribution in [0.5, 0.6) is 0 Å². The minimum Gasteiger partial charge on any atom is -0.380 e. The fourth-order valence-corrected chi connectivity index (χ4v) is 1.24. The predicted molar refractivity (Wildman–Crippen MR) is 40.0 cm³/mol. The van der Waals surface area contributed by atoms with Gasteiger partial charge >= 0.3 is 0 Å². The molecule has 0 bridgehead atoms.